The van der Waals surface area contributed by atoms with Gasteiger partial charge in [-0.1, -0.05) is 0 Å². The third kappa shape index (κ3) is 4.25. The number of alkyl halides is 1. The highest BCUT2D eigenvalue weighted by Crippen LogP contribution is 1.90. The van der Waals surface area contributed by atoms with Gasteiger partial charge in [-0.05, 0) is 6.92 Å². The first kappa shape index (κ1) is 6.25. The van der Waals surface area contributed by atoms with E-state index >= 15 is 0 Å². The summed E-state index contributed by atoms with van der Waals surface area (Å²) in [7, 11) is 1.64. The summed E-state index contributed by atoms with van der Waals surface area (Å²) >= 11 is 5.45. The predicted molar refractivity (Wildman–Crippen MR) is 27.2 cm³/mol. The van der Waals surface area contributed by atoms with E-state index in [1.165, 1.54) is 0 Å². The van der Waals surface area contributed by atoms with Crippen molar-refractivity contribution in [2.24, 2.45) is 0 Å². The highest BCUT2D eigenvalue weighted by Gasteiger charge is 1.88. The molecule has 38 valence electrons. The van der Waals surface area contributed by atoms with Gasteiger partial charge in [0.05, 0.1) is 12.0 Å². The SMILES string of the molecule is COC[C@H](C)Cl. The van der Waals surface area contributed by atoms with E-state index in [4.69, 9.17) is 11.6 Å². The molecule has 6 heavy (non-hydrogen) atoms. The van der Waals surface area contributed by atoms with Crippen molar-refractivity contribution in [1.82, 2.24) is 0 Å². The predicted octanol–water partition coefficient (Wildman–Crippen LogP) is 1.26. The van der Waals surface area contributed by atoms with Gasteiger partial charge < -0.3 is 4.74 Å². The fourth-order valence-electron chi connectivity index (χ4n) is 0.230. The Bertz CT molecular complexity index is 28.7. The molecule has 0 aliphatic rings. The molecule has 0 aromatic carbocycles. The van der Waals surface area contributed by atoms with E-state index in [9.17, 15) is 0 Å². The van der Waals surface area contributed by atoms with Crippen molar-refractivity contribution in [2.45, 2.75) is 12.3 Å². The molecule has 0 bridgehead atoms. The van der Waals surface area contributed by atoms with Crippen molar-refractivity contribution < 1.29 is 4.74 Å². The highest BCUT2D eigenvalue weighted by atomic mass is 35.5. The lowest BCUT2D eigenvalue weighted by atomic mass is 10.5. The molecule has 0 heterocycles. The van der Waals surface area contributed by atoms with Gasteiger partial charge >= 0.3 is 0 Å². The standard InChI is InChI=1S/C4H9ClO/c1-4(5)3-6-2/h4H,3H2,1-2H3/t4-/m0/s1. The lowest BCUT2D eigenvalue weighted by molar-refractivity contribution is 0.201. The first-order chi connectivity index (χ1) is 2.77. The molecule has 0 aliphatic carbocycles. The smallest absolute Gasteiger partial charge is 0.0623 e. The Balaban J connectivity index is 2.63. The van der Waals surface area contributed by atoms with E-state index in [-0.39, 0.29) is 5.38 Å². The van der Waals surface area contributed by atoms with Gasteiger partial charge in [0, 0.05) is 7.11 Å². The fourth-order valence-corrected chi connectivity index (χ4v) is 0.356. The van der Waals surface area contributed by atoms with E-state index in [2.05, 4.69) is 4.74 Å². The van der Waals surface area contributed by atoms with E-state index < -0.39 is 0 Å². The number of hydrogen-bond acceptors (Lipinski definition) is 1. The summed E-state index contributed by atoms with van der Waals surface area (Å²) in [6, 6.07) is 0. The molecule has 0 rings (SSSR count). The highest BCUT2D eigenvalue weighted by molar-refractivity contribution is 6.20. The summed E-state index contributed by atoms with van der Waals surface area (Å²) in [5.41, 5.74) is 0. The molecule has 0 saturated carbocycles. The van der Waals surface area contributed by atoms with Gasteiger partial charge in [0.15, 0.2) is 0 Å². The third-order valence-electron chi connectivity index (χ3n) is 0.396. The van der Waals surface area contributed by atoms with Gasteiger partial charge in [-0.3, -0.25) is 0 Å². The Morgan fingerprint density at radius 2 is 2.33 bits per heavy atom. The molecular weight excluding hydrogens is 99.5 g/mol. The van der Waals surface area contributed by atoms with Crippen molar-refractivity contribution in [3.8, 4) is 0 Å². The zero-order valence-corrected chi connectivity index (χ0v) is 4.83. The molecule has 0 spiro atoms. The average molecular weight is 109 g/mol. The first-order valence-electron chi connectivity index (χ1n) is 1.90. The summed E-state index contributed by atoms with van der Waals surface area (Å²) in [6.07, 6.45) is 0. The molecule has 0 saturated heterocycles. The van der Waals surface area contributed by atoms with E-state index in [1.807, 2.05) is 6.92 Å². The Kier molecular flexibility index (Phi) is 3.58. The molecule has 0 amide bonds. The van der Waals surface area contributed by atoms with Crippen LogP contribution in [0.25, 0.3) is 0 Å². The van der Waals surface area contributed by atoms with Crippen molar-refractivity contribution in [3.63, 3.8) is 0 Å². The number of rotatable bonds is 2. The molecule has 2 heteroatoms. The third-order valence-corrected chi connectivity index (χ3v) is 0.522. The monoisotopic (exact) mass is 108 g/mol. The summed E-state index contributed by atoms with van der Waals surface area (Å²) in [4.78, 5) is 0. The van der Waals surface area contributed by atoms with Crippen LogP contribution in [0, 0.1) is 0 Å². The lowest BCUT2D eigenvalue weighted by Gasteiger charge is -1.95. The lowest BCUT2D eigenvalue weighted by Crippen LogP contribution is -1.99. The van der Waals surface area contributed by atoms with Gasteiger partial charge in [0.25, 0.3) is 0 Å². The maximum Gasteiger partial charge on any atom is 0.0623 e. The van der Waals surface area contributed by atoms with Crippen LogP contribution in [-0.4, -0.2) is 19.1 Å². The Morgan fingerprint density at radius 1 is 1.83 bits per heavy atom. The van der Waals surface area contributed by atoms with Crippen LogP contribution in [-0.2, 0) is 4.74 Å². The molecule has 0 radical (unpaired) electrons. The zero-order chi connectivity index (χ0) is 4.99. The second-order valence-electron chi connectivity index (χ2n) is 1.24. The van der Waals surface area contributed by atoms with E-state index in [0.717, 1.165) is 0 Å². The molecule has 0 aromatic rings. The van der Waals surface area contributed by atoms with Gasteiger partial charge in [0.1, 0.15) is 0 Å². The van der Waals surface area contributed by atoms with Crippen molar-refractivity contribution in [2.75, 3.05) is 13.7 Å². The van der Waals surface area contributed by atoms with Crippen LogP contribution in [0.4, 0.5) is 0 Å². The largest absolute Gasteiger partial charge is 0.383 e. The molecule has 0 aromatic heterocycles. The Labute approximate surface area is 43.3 Å². The number of ether oxygens (including phenoxy) is 1. The average Bonchev–Trinajstić information content (AvgIpc) is 1.35. The van der Waals surface area contributed by atoms with Crippen LogP contribution < -0.4 is 0 Å². The van der Waals surface area contributed by atoms with Gasteiger partial charge in [0.2, 0.25) is 0 Å². The summed E-state index contributed by atoms with van der Waals surface area (Å²) in [6.45, 7) is 2.53. The maximum absolute atomic E-state index is 5.45. The van der Waals surface area contributed by atoms with Crippen molar-refractivity contribution in [1.29, 1.82) is 0 Å². The zero-order valence-electron chi connectivity index (χ0n) is 4.07. The van der Waals surface area contributed by atoms with Crippen LogP contribution in [0.2, 0.25) is 0 Å². The van der Waals surface area contributed by atoms with E-state index in [0.29, 0.717) is 6.61 Å². The molecule has 1 nitrogen and oxygen atoms in total. The number of methoxy groups -OCH3 is 1. The number of hydrogen-bond donors (Lipinski definition) is 0. The summed E-state index contributed by atoms with van der Waals surface area (Å²) < 4.78 is 4.67. The molecule has 0 unspecified atom stereocenters. The number of halogens is 1. The van der Waals surface area contributed by atoms with Gasteiger partial charge in [-0.25, -0.2) is 0 Å². The molecule has 1 atom stereocenters. The van der Waals surface area contributed by atoms with Gasteiger partial charge in [-0.15, -0.1) is 11.6 Å². The van der Waals surface area contributed by atoms with Crippen molar-refractivity contribution >= 4 is 11.6 Å². The normalized spacial score (nSPS) is 14.5. The minimum atomic E-state index is 0.148. The molecule has 0 N–H and O–H groups in total. The summed E-state index contributed by atoms with van der Waals surface area (Å²) in [5, 5.41) is 0.148. The van der Waals surface area contributed by atoms with Crippen LogP contribution in [0.5, 0.6) is 0 Å². The molecule has 0 aliphatic heterocycles. The Morgan fingerprint density at radius 3 is 2.33 bits per heavy atom. The van der Waals surface area contributed by atoms with Crippen LogP contribution in [0.1, 0.15) is 6.92 Å². The first-order valence-corrected chi connectivity index (χ1v) is 2.34. The second kappa shape index (κ2) is 3.44. The quantitative estimate of drug-likeness (QED) is 0.484. The minimum Gasteiger partial charge on any atom is -0.383 e. The summed E-state index contributed by atoms with van der Waals surface area (Å²) in [5.74, 6) is 0. The minimum absolute atomic E-state index is 0.148. The molecule has 0 fully saturated rings. The fraction of sp³-hybridized carbons (Fsp3) is 1.00. The van der Waals surface area contributed by atoms with Crippen molar-refractivity contribution in [3.05, 3.63) is 0 Å². The topological polar surface area (TPSA) is 9.23 Å². The van der Waals surface area contributed by atoms with Crippen LogP contribution in [0.3, 0.4) is 0 Å². The van der Waals surface area contributed by atoms with Crippen LogP contribution in [0.15, 0.2) is 0 Å². The van der Waals surface area contributed by atoms with Crippen LogP contribution >= 0.6 is 11.6 Å². The second-order valence-corrected chi connectivity index (χ2v) is 1.98. The molecular formula is C4H9ClO. The van der Waals surface area contributed by atoms with E-state index in [1.54, 1.807) is 7.11 Å². The Hall–Kier alpha value is 0.250. The van der Waals surface area contributed by atoms with Gasteiger partial charge in [-0.2, -0.15) is 0 Å². The maximum atomic E-state index is 5.45.